The number of fused-ring (bicyclic) bond motifs is 5. The van der Waals surface area contributed by atoms with E-state index in [4.69, 9.17) is 20.2 Å². The molecular weight excluding hydrogens is 429 g/mol. The van der Waals surface area contributed by atoms with Gasteiger partial charge in [-0.25, -0.2) is 14.2 Å². The number of carbonyl (C=O) groups excluding carboxylic acids is 1. The molecule has 1 atom stereocenters. The topological polar surface area (TPSA) is 117 Å². The molecule has 0 saturated carbocycles. The fourth-order valence-corrected chi connectivity index (χ4v) is 4.85. The van der Waals surface area contributed by atoms with Gasteiger partial charge in [0.15, 0.2) is 17.2 Å². The van der Waals surface area contributed by atoms with Crippen molar-refractivity contribution in [2.45, 2.75) is 45.4 Å². The number of benzene rings is 1. The zero-order valence-electron chi connectivity index (χ0n) is 18.4. The van der Waals surface area contributed by atoms with Gasteiger partial charge in [0.25, 0.3) is 5.56 Å². The van der Waals surface area contributed by atoms with Crippen LogP contribution in [-0.2, 0) is 34.7 Å². The van der Waals surface area contributed by atoms with E-state index in [2.05, 4.69) is 0 Å². The summed E-state index contributed by atoms with van der Waals surface area (Å²) in [6.07, 6.45) is 0.697. The smallest absolute Gasteiger partial charge is 0.343 e. The first-order chi connectivity index (χ1) is 15.8. The summed E-state index contributed by atoms with van der Waals surface area (Å²) in [5, 5.41) is 11.7. The number of halogens is 1. The van der Waals surface area contributed by atoms with Crippen molar-refractivity contribution in [3.05, 3.63) is 56.6 Å². The molecule has 0 radical (unpaired) electrons. The van der Waals surface area contributed by atoms with Crippen molar-refractivity contribution in [2.24, 2.45) is 5.73 Å². The number of aromatic nitrogens is 2. The number of rotatable bonds is 5. The lowest BCUT2D eigenvalue weighted by Gasteiger charge is -2.31. The van der Waals surface area contributed by atoms with E-state index in [0.717, 1.165) is 16.5 Å². The number of carbonyl (C=O) groups is 1. The molecule has 0 fully saturated rings. The molecule has 0 spiro atoms. The SMILES string of the molecule is CCc1c2c(nc3cc(F)c(OCCN)cc13)-c1cc3c(c(=O)n1C2)COC(=O)[C@]3(O)CC. The van der Waals surface area contributed by atoms with E-state index in [-0.39, 0.29) is 55.2 Å². The second-order valence-corrected chi connectivity index (χ2v) is 8.31. The van der Waals surface area contributed by atoms with E-state index in [0.29, 0.717) is 23.3 Å². The Balaban J connectivity index is 1.76. The Bertz CT molecular complexity index is 1380. The van der Waals surface area contributed by atoms with Gasteiger partial charge in [-0.3, -0.25) is 4.79 Å². The summed E-state index contributed by atoms with van der Waals surface area (Å²) in [7, 11) is 0. The summed E-state index contributed by atoms with van der Waals surface area (Å²) in [6.45, 7) is 4.20. The van der Waals surface area contributed by atoms with Gasteiger partial charge in [0, 0.05) is 29.1 Å². The van der Waals surface area contributed by atoms with Crippen molar-refractivity contribution < 1.29 is 23.8 Å². The second kappa shape index (κ2) is 7.64. The van der Waals surface area contributed by atoms with Crippen LogP contribution in [0.5, 0.6) is 5.75 Å². The Morgan fingerprint density at radius 1 is 1.27 bits per heavy atom. The number of aliphatic hydroxyl groups is 1. The van der Waals surface area contributed by atoms with Crippen molar-refractivity contribution in [3.8, 4) is 17.1 Å². The molecular formula is C24H24FN3O5. The zero-order chi connectivity index (χ0) is 23.5. The molecule has 1 aromatic carbocycles. The number of esters is 1. The van der Waals surface area contributed by atoms with Crippen LogP contribution in [0.2, 0.25) is 0 Å². The maximum Gasteiger partial charge on any atom is 0.343 e. The number of aryl methyl sites for hydroxylation is 1. The number of nitrogens with zero attached hydrogens (tertiary/aromatic N) is 2. The van der Waals surface area contributed by atoms with Crippen LogP contribution in [0, 0.1) is 5.82 Å². The second-order valence-electron chi connectivity index (χ2n) is 8.31. The van der Waals surface area contributed by atoms with Gasteiger partial charge in [0.1, 0.15) is 13.2 Å². The van der Waals surface area contributed by atoms with E-state index >= 15 is 0 Å². The molecule has 5 rings (SSSR count). The van der Waals surface area contributed by atoms with Crippen LogP contribution in [0.4, 0.5) is 4.39 Å². The Kier molecular flexibility index (Phi) is 4.98. The normalized spacial score (nSPS) is 18.6. The third-order valence-corrected chi connectivity index (χ3v) is 6.59. The van der Waals surface area contributed by atoms with Crippen molar-refractivity contribution in [3.63, 3.8) is 0 Å². The quantitative estimate of drug-likeness (QED) is 0.445. The van der Waals surface area contributed by atoms with Crippen molar-refractivity contribution in [1.29, 1.82) is 0 Å². The van der Waals surface area contributed by atoms with Gasteiger partial charge in [-0.05, 0) is 30.5 Å². The number of cyclic esters (lactones) is 1. The monoisotopic (exact) mass is 453 g/mol. The summed E-state index contributed by atoms with van der Waals surface area (Å²) in [5.41, 5.74) is 7.05. The molecule has 2 aliphatic rings. The highest BCUT2D eigenvalue weighted by atomic mass is 19.1. The summed E-state index contributed by atoms with van der Waals surface area (Å²) < 4.78 is 26.8. The molecule has 2 aromatic heterocycles. The molecule has 4 heterocycles. The fourth-order valence-electron chi connectivity index (χ4n) is 4.85. The van der Waals surface area contributed by atoms with Crippen molar-refractivity contribution >= 4 is 16.9 Å². The Morgan fingerprint density at radius 3 is 2.76 bits per heavy atom. The van der Waals surface area contributed by atoms with Crippen molar-refractivity contribution in [1.82, 2.24) is 9.55 Å². The first-order valence-electron chi connectivity index (χ1n) is 11.0. The van der Waals surface area contributed by atoms with Gasteiger partial charge in [-0.15, -0.1) is 0 Å². The van der Waals surface area contributed by atoms with Gasteiger partial charge in [0.05, 0.1) is 29.0 Å². The predicted octanol–water partition coefficient (Wildman–Crippen LogP) is 2.12. The maximum absolute atomic E-state index is 14.7. The molecule has 33 heavy (non-hydrogen) atoms. The van der Waals surface area contributed by atoms with E-state index in [9.17, 15) is 19.1 Å². The Morgan fingerprint density at radius 2 is 2.06 bits per heavy atom. The van der Waals surface area contributed by atoms with Crippen LogP contribution < -0.4 is 16.0 Å². The van der Waals surface area contributed by atoms with E-state index in [1.807, 2.05) is 6.92 Å². The summed E-state index contributed by atoms with van der Waals surface area (Å²) >= 11 is 0. The van der Waals surface area contributed by atoms with Gasteiger partial charge in [-0.1, -0.05) is 13.8 Å². The summed E-state index contributed by atoms with van der Waals surface area (Å²) in [6, 6.07) is 4.60. The number of pyridine rings is 2. The molecule has 0 amide bonds. The van der Waals surface area contributed by atoms with Gasteiger partial charge in [-0.2, -0.15) is 0 Å². The molecule has 3 N–H and O–H groups in total. The number of hydrogen-bond donors (Lipinski definition) is 2. The third kappa shape index (κ3) is 2.99. The van der Waals surface area contributed by atoms with Gasteiger partial charge in [0.2, 0.25) is 0 Å². The summed E-state index contributed by atoms with van der Waals surface area (Å²) in [5.74, 6) is -1.21. The number of ether oxygens (including phenoxy) is 2. The Hall–Kier alpha value is -3.30. The molecule has 3 aromatic rings. The lowest BCUT2D eigenvalue weighted by Crippen LogP contribution is -2.44. The molecule has 172 valence electrons. The molecule has 0 saturated heterocycles. The molecule has 0 unspecified atom stereocenters. The zero-order valence-corrected chi connectivity index (χ0v) is 18.4. The number of nitrogens with two attached hydrogens (primary N) is 1. The predicted molar refractivity (Wildman–Crippen MR) is 118 cm³/mol. The van der Waals surface area contributed by atoms with Crippen LogP contribution in [0.3, 0.4) is 0 Å². The highest BCUT2D eigenvalue weighted by Crippen LogP contribution is 2.41. The minimum Gasteiger partial charge on any atom is -0.489 e. The molecule has 2 aliphatic heterocycles. The number of hydrogen-bond acceptors (Lipinski definition) is 7. The highest BCUT2D eigenvalue weighted by molar-refractivity contribution is 5.90. The first kappa shape index (κ1) is 21.5. The largest absolute Gasteiger partial charge is 0.489 e. The minimum absolute atomic E-state index is 0.0662. The van der Waals surface area contributed by atoms with Crippen molar-refractivity contribution in [2.75, 3.05) is 13.2 Å². The van der Waals surface area contributed by atoms with Crippen LogP contribution in [0.25, 0.3) is 22.3 Å². The van der Waals surface area contributed by atoms with Crippen LogP contribution in [0.15, 0.2) is 23.0 Å². The lowest BCUT2D eigenvalue weighted by atomic mass is 9.86. The standard InChI is InChI=1S/C24H24FN3O5/c1-3-12-13-7-20(32-6-5-26)17(25)9-18(13)27-21-14(12)10-28-19(21)8-16-15(22(28)29)11-33-23(30)24(16,31)4-2/h7-9,31H,3-6,10-11,26H2,1-2H3/t24-/m0/s1. The average Bonchev–Trinajstić information content (AvgIpc) is 3.17. The highest BCUT2D eigenvalue weighted by Gasteiger charge is 2.45. The van der Waals surface area contributed by atoms with Crippen LogP contribution in [-0.4, -0.2) is 33.8 Å². The fraction of sp³-hybridized carbons (Fsp3) is 0.375. The van der Waals surface area contributed by atoms with E-state index < -0.39 is 17.4 Å². The van der Waals surface area contributed by atoms with E-state index in [1.165, 1.54) is 6.07 Å². The molecule has 0 aliphatic carbocycles. The van der Waals surface area contributed by atoms with Gasteiger partial charge < -0.3 is 24.9 Å². The van der Waals surface area contributed by atoms with Gasteiger partial charge >= 0.3 is 5.97 Å². The minimum atomic E-state index is -1.89. The molecule has 8 nitrogen and oxygen atoms in total. The summed E-state index contributed by atoms with van der Waals surface area (Å²) in [4.78, 5) is 30.4. The molecule has 0 bridgehead atoms. The molecule has 9 heteroatoms. The Labute approximate surface area is 188 Å². The van der Waals surface area contributed by atoms with E-state index in [1.54, 1.807) is 23.6 Å². The average molecular weight is 453 g/mol. The van der Waals surface area contributed by atoms with Crippen LogP contribution >= 0.6 is 0 Å². The lowest BCUT2D eigenvalue weighted by molar-refractivity contribution is -0.172. The maximum atomic E-state index is 14.7. The third-order valence-electron chi connectivity index (χ3n) is 6.59. The first-order valence-corrected chi connectivity index (χ1v) is 11.0. The van der Waals surface area contributed by atoms with Crippen LogP contribution in [0.1, 0.15) is 42.5 Å².